The van der Waals surface area contributed by atoms with Crippen LogP contribution in [0.5, 0.6) is 0 Å². The smallest absolute Gasteiger partial charge is 0.395 e. The molecule has 3 aromatic heterocycles. The number of aliphatic hydroxyl groups is 1. The molecule has 1 atom stereocenters. The van der Waals surface area contributed by atoms with E-state index in [1.165, 1.54) is 19.2 Å². The van der Waals surface area contributed by atoms with Gasteiger partial charge in [-0.3, -0.25) is 0 Å². The van der Waals surface area contributed by atoms with Crippen molar-refractivity contribution in [2.75, 3.05) is 11.9 Å². The van der Waals surface area contributed by atoms with Crippen molar-refractivity contribution in [1.82, 2.24) is 14.9 Å². The molecule has 0 fully saturated rings. The van der Waals surface area contributed by atoms with E-state index < -0.39 is 29.9 Å². The van der Waals surface area contributed by atoms with Crippen molar-refractivity contribution < 1.29 is 31.9 Å². The second kappa shape index (κ2) is 8.60. The lowest BCUT2D eigenvalue weighted by Crippen LogP contribution is -2.40. The summed E-state index contributed by atoms with van der Waals surface area (Å²) in [6.45, 7) is 1.54. The lowest BCUT2D eigenvalue weighted by atomic mass is 10.1. The molecule has 2 amide bonds. The molecule has 0 aliphatic carbocycles. The van der Waals surface area contributed by atoms with Gasteiger partial charge in [0.05, 0.1) is 23.2 Å². The number of urea groups is 1. The van der Waals surface area contributed by atoms with Gasteiger partial charge in [0.25, 0.3) is 0 Å². The monoisotopic (exact) mass is 484 g/mol. The van der Waals surface area contributed by atoms with E-state index in [0.717, 1.165) is 6.07 Å². The van der Waals surface area contributed by atoms with E-state index in [9.17, 15) is 26.7 Å². The molecule has 0 spiro atoms. The molecular weight excluding hydrogens is 467 g/mol. The summed E-state index contributed by atoms with van der Waals surface area (Å²) in [5, 5.41) is 13.9. The van der Waals surface area contributed by atoms with Crippen LogP contribution in [0.25, 0.3) is 21.1 Å². The molecule has 1 aromatic carbocycles. The number of anilines is 1. The van der Waals surface area contributed by atoms with Crippen molar-refractivity contribution >= 4 is 44.2 Å². The molecule has 6 nitrogen and oxygen atoms in total. The maximum atomic E-state index is 14.1. The molecule has 4 rings (SSSR count). The Bertz CT molecular complexity index is 1350. The molecule has 12 heteroatoms. The van der Waals surface area contributed by atoms with Gasteiger partial charge >= 0.3 is 12.2 Å². The van der Waals surface area contributed by atoms with Crippen LogP contribution in [0, 0.1) is 18.6 Å². The summed E-state index contributed by atoms with van der Waals surface area (Å²) in [6.07, 6.45) is -1.92. The standard InChI is InChI=1S/C21H17F5N4O2S/c1-10-14-7-12(22)8-15(23)17(14)33-16(10)18(21(24,25)26)29-20(32)28-13-6-11-2-3-30(4-5-31)19(11)27-9-13/h2-3,6-9,18,31H,4-5H2,1H3,(H2,28,29,32)/t18-/m1/s1. The number of nitrogens with zero attached hydrogens (tertiary/aromatic N) is 2. The number of carbonyl (C=O) groups excluding carboxylic acids is 1. The van der Waals surface area contributed by atoms with Crippen molar-refractivity contribution in [3.05, 3.63) is 58.7 Å². The first-order valence-corrected chi connectivity index (χ1v) is 10.5. The highest BCUT2D eigenvalue weighted by atomic mass is 32.1. The quantitative estimate of drug-likeness (QED) is 0.339. The molecular formula is C21H17F5N4O2S. The summed E-state index contributed by atoms with van der Waals surface area (Å²) in [4.78, 5) is 16.2. The Morgan fingerprint density at radius 1 is 1.27 bits per heavy atom. The molecule has 0 unspecified atom stereocenters. The maximum absolute atomic E-state index is 14.1. The van der Waals surface area contributed by atoms with E-state index in [2.05, 4.69) is 10.3 Å². The minimum atomic E-state index is -4.89. The molecule has 0 bridgehead atoms. The first-order chi connectivity index (χ1) is 15.6. The van der Waals surface area contributed by atoms with Crippen LogP contribution in [0.4, 0.5) is 32.4 Å². The van der Waals surface area contributed by atoms with Gasteiger partial charge in [-0.25, -0.2) is 18.6 Å². The van der Waals surface area contributed by atoms with Gasteiger partial charge in [-0.1, -0.05) is 0 Å². The Morgan fingerprint density at radius 2 is 2.03 bits per heavy atom. The Balaban J connectivity index is 1.60. The number of alkyl halides is 3. The maximum Gasteiger partial charge on any atom is 0.413 e. The Kier molecular flexibility index (Phi) is 5.97. The highest BCUT2D eigenvalue weighted by molar-refractivity contribution is 7.19. The van der Waals surface area contributed by atoms with E-state index in [-0.39, 0.29) is 32.8 Å². The highest BCUT2D eigenvalue weighted by Crippen LogP contribution is 2.42. The van der Waals surface area contributed by atoms with Gasteiger partial charge in [-0.05, 0) is 30.7 Å². The fourth-order valence-electron chi connectivity index (χ4n) is 3.57. The van der Waals surface area contributed by atoms with Crippen molar-refractivity contribution in [3.8, 4) is 0 Å². The highest BCUT2D eigenvalue weighted by Gasteiger charge is 2.44. The van der Waals surface area contributed by atoms with E-state index in [1.54, 1.807) is 16.8 Å². The molecule has 174 valence electrons. The second-order valence-electron chi connectivity index (χ2n) is 7.30. The van der Waals surface area contributed by atoms with Crippen molar-refractivity contribution in [2.24, 2.45) is 0 Å². The number of aromatic nitrogens is 2. The number of carbonyl (C=O) groups is 1. The average Bonchev–Trinajstić information content (AvgIpc) is 3.27. The molecule has 0 saturated carbocycles. The van der Waals surface area contributed by atoms with Gasteiger partial charge in [0.1, 0.15) is 17.3 Å². The Labute approximate surface area is 187 Å². The molecule has 3 N–H and O–H groups in total. The predicted octanol–water partition coefficient (Wildman–Crippen LogP) is 5.26. The first-order valence-electron chi connectivity index (χ1n) is 9.66. The van der Waals surface area contributed by atoms with Gasteiger partial charge < -0.3 is 20.3 Å². The fourth-order valence-corrected chi connectivity index (χ4v) is 4.84. The zero-order valence-electron chi connectivity index (χ0n) is 17.0. The molecule has 0 saturated heterocycles. The normalized spacial score (nSPS) is 12.9. The third-order valence-electron chi connectivity index (χ3n) is 5.06. The Morgan fingerprint density at radius 3 is 2.73 bits per heavy atom. The largest absolute Gasteiger partial charge is 0.413 e. The lowest BCUT2D eigenvalue weighted by Gasteiger charge is -2.21. The van der Waals surface area contributed by atoms with Crippen LogP contribution in [-0.2, 0) is 6.54 Å². The minimum absolute atomic E-state index is 0.0194. The van der Waals surface area contributed by atoms with Crippen molar-refractivity contribution in [3.63, 3.8) is 0 Å². The number of aliphatic hydroxyl groups excluding tert-OH is 1. The summed E-state index contributed by atoms with van der Waals surface area (Å²) < 4.78 is 70.7. The zero-order valence-corrected chi connectivity index (χ0v) is 17.8. The van der Waals surface area contributed by atoms with Crippen molar-refractivity contribution in [1.29, 1.82) is 0 Å². The van der Waals surface area contributed by atoms with E-state index >= 15 is 0 Å². The first kappa shape index (κ1) is 22.9. The van der Waals surface area contributed by atoms with E-state index in [4.69, 9.17) is 5.11 Å². The van der Waals surface area contributed by atoms with Crippen LogP contribution in [0.1, 0.15) is 16.5 Å². The average molecular weight is 484 g/mol. The number of thiophene rings is 1. The van der Waals surface area contributed by atoms with Gasteiger partial charge in [0, 0.05) is 34.5 Å². The number of nitrogens with one attached hydrogen (secondary N) is 2. The molecule has 4 aromatic rings. The van der Waals surface area contributed by atoms with Gasteiger partial charge in [-0.15, -0.1) is 11.3 Å². The topological polar surface area (TPSA) is 79.2 Å². The number of fused-ring (bicyclic) bond motifs is 2. The number of aryl methyl sites for hydroxylation is 1. The van der Waals surface area contributed by atoms with E-state index in [0.29, 0.717) is 35.0 Å². The summed E-state index contributed by atoms with van der Waals surface area (Å²) in [6, 6.07) is 1.21. The number of hydrogen-bond donors (Lipinski definition) is 3. The van der Waals surface area contributed by atoms with Gasteiger partial charge in [-0.2, -0.15) is 13.2 Å². The van der Waals surface area contributed by atoms with Gasteiger partial charge in [0.15, 0.2) is 6.04 Å². The number of rotatable bonds is 5. The van der Waals surface area contributed by atoms with Crippen LogP contribution < -0.4 is 10.6 Å². The van der Waals surface area contributed by atoms with Crippen LogP contribution >= 0.6 is 11.3 Å². The number of benzene rings is 1. The summed E-state index contributed by atoms with van der Waals surface area (Å²) in [5.41, 5.74) is 0.728. The molecule has 33 heavy (non-hydrogen) atoms. The molecule has 0 aliphatic rings. The number of pyridine rings is 1. The molecule has 0 aliphatic heterocycles. The minimum Gasteiger partial charge on any atom is -0.395 e. The number of halogens is 5. The summed E-state index contributed by atoms with van der Waals surface area (Å²) >= 11 is 0.512. The number of amides is 2. The fraction of sp³-hybridized carbons (Fsp3) is 0.238. The van der Waals surface area contributed by atoms with Crippen LogP contribution in [0.2, 0.25) is 0 Å². The SMILES string of the molecule is Cc1c([C@@H](NC(=O)Nc2cnc3c(ccn3CCO)c2)C(F)(F)F)sc2c(F)cc(F)cc12. The molecule has 3 heterocycles. The van der Waals surface area contributed by atoms with Gasteiger partial charge in [0.2, 0.25) is 0 Å². The third-order valence-corrected chi connectivity index (χ3v) is 6.44. The van der Waals surface area contributed by atoms with Crippen LogP contribution in [0.3, 0.4) is 0 Å². The number of hydrogen-bond acceptors (Lipinski definition) is 4. The lowest BCUT2D eigenvalue weighted by molar-refractivity contribution is -0.154. The molecule has 0 radical (unpaired) electrons. The third kappa shape index (κ3) is 4.48. The Hall–Kier alpha value is -3.25. The van der Waals surface area contributed by atoms with Crippen LogP contribution in [-0.4, -0.2) is 33.5 Å². The summed E-state index contributed by atoms with van der Waals surface area (Å²) in [7, 11) is 0. The van der Waals surface area contributed by atoms with Crippen LogP contribution in [0.15, 0.2) is 36.7 Å². The van der Waals surface area contributed by atoms with Crippen molar-refractivity contribution in [2.45, 2.75) is 25.7 Å². The zero-order chi connectivity index (χ0) is 23.9. The van der Waals surface area contributed by atoms with E-state index in [1.807, 2.05) is 5.32 Å². The second-order valence-corrected chi connectivity index (χ2v) is 8.35. The summed E-state index contributed by atoms with van der Waals surface area (Å²) in [5.74, 6) is -1.88. The predicted molar refractivity (Wildman–Crippen MR) is 114 cm³/mol.